The van der Waals surface area contributed by atoms with Gasteiger partial charge in [0.1, 0.15) is 13.2 Å². The molecule has 140 valence electrons. The van der Waals surface area contributed by atoms with Crippen LogP contribution in [-0.4, -0.2) is 55.1 Å². The highest BCUT2D eigenvalue weighted by Gasteiger charge is 2.28. The quantitative estimate of drug-likeness (QED) is 0.762. The van der Waals surface area contributed by atoms with Gasteiger partial charge in [-0.2, -0.15) is 0 Å². The van der Waals surface area contributed by atoms with Gasteiger partial charge in [0.25, 0.3) is 5.91 Å². The van der Waals surface area contributed by atoms with Gasteiger partial charge in [-0.15, -0.1) is 0 Å². The molecule has 2 aromatic carbocycles. The van der Waals surface area contributed by atoms with Crippen molar-refractivity contribution in [2.24, 2.45) is 0 Å². The predicted molar refractivity (Wildman–Crippen MR) is 94.7 cm³/mol. The number of carbonyl (C=O) groups is 4. The number of amides is 3. The fourth-order valence-corrected chi connectivity index (χ4v) is 2.74. The lowest BCUT2D eigenvalue weighted by Gasteiger charge is -2.11. The number of cyclic esters (lactones) is 1. The van der Waals surface area contributed by atoms with Crippen LogP contribution >= 0.6 is 0 Å². The first-order valence-electron chi connectivity index (χ1n) is 8.40. The first-order chi connectivity index (χ1) is 13.0. The smallest absolute Gasteiger partial charge is 0.416 e. The van der Waals surface area contributed by atoms with Crippen LogP contribution in [0.1, 0.15) is 5.56 Å². The second-order valence-electron chi connectivity index (χ2n) is 5.91. The van der Waals surface area contributed by atoms with Crippen LogP contribution in [0, 0.1) is 0 Å². The maximum Gasteiger partial charge on any atom is 0.416 e. The Bertz CT molecular complexity index is 889. The summed E-state index contributed by atoms with van der Waals surface area (Å²) in [5.74, 6) is -1.76. The van der Waals surface area contributed by atoms with Gasteiger partial charge in [-0.05, 0) is 16.3 Å². The van der Waals surface area contributed by atoms with Crippen molar-refractivity contribution in [3.63, 3.8) is 0 Å². The Morgan fingerprint density at radius 3 is 2.67 bits per heavy atom. The highest BCUT2D eigenvalue weighted by Crippen LogP contribution is 2.18. The molecule has 0 atom stereocenters. The van der Waals surface area contributed by atoms with E-state index in [1.165, 1.54) is 0 Å². The Kier molecular flexibility index (Phi) is 5.65. The molecule has 27 heavy (non-hydrogen) atoms. The molecule has 0 unspecified atom stereocenters. The zero-order valence-corrected chi connectivity index (χ0v) is 14.5. The number of esters is 1. The number of hydrogen-bond donors (Lipinski definition) is 1. The van der Waals surface area contributed by atoms with Gasteiger partial charge in [-0.1, -0.05) is 42.5 Å². The average Bonchev–Trinajstić information content (AvgIpc) is 3.11. The minimum atomic E-state index is -0.762. The van der Waals surface area contributed by atoms with Crippen LogP contribution in [0.25, 0.3) is 10.8 Å². The molecule has 0 spiro atoms. The molecular formula is C19H18N2O6. The van der Waals surface area contributed by atoms with Crippen molar-refractivity contribution in [3.05, 3.63) is 48.0 Å². The van der Waals surface area contributed by atoms with E-state index in [1.54, 1.807) is 0 Å². The fourth-order valence-electron chi connectivity index (χ4n) is 2.74. The lowest BCUT2D eigenvalue weighted by atomic mass is 10.0. The zero-order chi connectivity index (χ0) is 19.2. The lowest BCUT2D eigenvalue weighted by molar-refractivity contribution is -0.150. The van der Waals surface area contributed by atoms with Crippen LogP contribution in [0.5, 0.6) is 0 Å². The Labute approximate surface area is 155 Å². The van der Waals surface area contributed by atoms with Crippen LogP contribution in [0.3, 0.4) is 0 Å². The molecule has 1 heterocycles. The van der Waals surface area contributed by atoms with Crippen molar-refractivity contribution in [1.29, 1.82) is 0 Å². The van der Waals surface area contributed by atoms with E-state index in [1.807, 2.05) is 42.5 Å². The molecule has 0 radical (unpaired) electrons. The number of rotatable bonds is 6. The van der Waals surface area contributed by atoms with E-state index in [0.29, 0.717) is 0 Å². The number of benzene rings is 2. The normalized spacial score (nSPS) is 13.3. The lowest BCUT2D eigenvalue weighted by Crippen LogP contribution is -2.37. The molecule has 1 fully saturated rings. The summed E-state index contributed by atoms with van der Waals surface area (Å²) in [7, 11) is 0. The van der Waals surface area contributed by atoms with Gasteiger partial charge in [0.2, 0.25) is 5.91 Å². The Hall–Kier alpha value is -3.42. The summed E-state index contributed by atoms with van der Waals surface area (Å²) in [6.07, 6.45) is -0.632. The van der Waals surface area contributed by atoms with Gasteiger partial charge in [-0.25, -0.2) is 9.69 Å². The summed E-state index contributed by atoms with van der Waals surface area (Å²) in [6, 6.07) is 13.4. The second kappa shape index (κ2) is 8.31. The minimum Gasteiger partial charge on any atom is -0.454 e. The zero-order valence-electron chi connectivity index (χ0n) is 14.5. The first-order valence-corrected chi connectivity index (χ1v) is 8.40. The Balaban J connectivity index is 1.45. The number of imide groups is 1. The standard InChI is InChI=1S/C19H18N2O6/c22-16(10-14-6-3-5-13-4-1-2-7-15(13)14)20-11-18(24)27-12-17(23)21-8-9-26-19(21)25/h1-7H,8-12H2,(H,20,22). The maximum absolute atomic E-state index is 12.1. The molecule has 8 heteroatoms. The second-order valence-corrected chi connectivity index (χ2v) is 5.91. The number of hydrogen-bond acceptors (Lipinski definition) is 6. The van der Waals surface area contributed by atoms with Gasteiger partial charge in [-0.3, -0.25) is 14.4 Å². The Morgan fingerprint density at radius 2 is 1.89 bits per heavy atom. The van der Waals surface area contributed by atoms with E-state index < -0.39 is 24.6 Å². The van der Waals surface area contributed by atoms with Gasteiger partial charge < -0.3 is 14.8 Å². The third-order valence-corrected chi connectivity index (χ3v) is 4.08. The molecule has 1 aliphatic heterocycles. The van der Waals surface area contributed by atoms with E-state index in [9.17, 15) is 19.2 Å². The molecular weight excluding hydrogens is 352 g/mol. The summed E-state index contributed by atoms with van der Waals surface area (Å²) in [6.45, 7) is -0.672. The van der Waals surface area contributed by atoms with Crippen LogP contribution < -0.4 is 5.32 Å². The monoisotopic (exact) mass is 370 g/mol. The third-order valence-electron chi connectivity index (χ3n) is 4.08. The molecule has 3 amide bonds. The highest BCUT2D eigenvalue weighted by molar-refractivity contribution is 5.95. The van der Waals surface area contributed by atoms with Crippen molar-refractivity contribution < 1.29 is 28.7 Å². The van der Waals surface area contributed by atoms with Crippen molar-refractivity contribution in [3.8, 4) is 0 Å². The van der Waals surface area contributed by atoms with Crippen molar-refractivity contribution in [1.82, 2.24) is 10.2 Å². The topological polar surface area (TPSA) is 102 Å². The van der Waals surface area contributed by atoms with Crippen molar-refractivity contribution in [2.45, 2.75) is 6.42 Å². The molecule has 0 aromatic heterocycles. The fraction of sp³-hybridized carbons (Fsp3) is 0.263. The maximum atomic E-state index is 12.1. The molecule has 2 aromatic rings. The average molecular weight is 370 g/mol. The van der Waals surface area contributed by atoms with Crippen LogP contribution in [0.4, 0.5) is 4.79 Å². The van der Waals surface area contributed by atoms with Crippen LogP contribution in [0.15, 0.2) is 42.5 Å². The largest absolute Gasteiger partial charge is 0.454 e. The minimum absolute atomic E-state index is 0.118. The summed E-state index contributed by atoms with van der Waals surface area (Å²) < 4.78 is 9.41. The predicted octanol–water partition coefficient (Wildman–Crippen LogP) is 1.02. The molecule has 8 nitrogen and oxygen atoms in total. The van der Waals surface area contributed by atoms with Gasteiger partial charge >= 0.3 is 12.1 Å². The van der Waals surface area contributed by atoms with Gasteiger partial charge in [0, 0.05) is 0 Å². The summed E-state index contributed by atoms with van der Waals surface area (Å²) in [5.41, 5.74) is 0.849. The number of nitrogens with zero attached hydrogens (tertiary/aromatic N) is 1. The molecule has 0 aliphatic carbocycles. The molecule has 0 saturated carbocycles. The van der Waals surface area contributed by atoms with E-state index >= 15 is 0 Å². The van der Waals surface area contributed by atoms with E-state index in [0.717, 1.165) is 21.2 Å². The number of carbonyl (C=O) groups excluding carboxylic acids is 4. The number of nitrogens with one attached hydrogen (secondary N) is 1. The van der Waals surface area contributed by atoms with Gasteiger partial charge in [0.15, 0.2) is 6.61 Å². The highest BCUT2D eigenvalue weighted by atomic mass is 16.6. The van der Waals surface area contributed by atoms with Crippen molar-refractivity contribution >= 4 is 34.6 Å². The summed E-state index contributed by atoms with van der Waals surface area (Å²) >= 11 is 0. The van der Waals surface area contributed by atoms with E-state index in [4.69, 9.17) is 4.74 Å². The van der Waals surface area contributed by atoms with Crippen LogP contribution in [-0.2, 0) is 30.3 Å². The first kappa shape index (κ1) is 18.4. The number of fused-ring (bicyclic) bond motifs is 1. The van der Waals surface area contributed by atoms with Crippen LogP contribution in [0.2, 0.25) is 0 Å². The SMILES string of the molecule is O=C(Cc1cccc2ccccc12)NCC(=O)OCC(=O)N1CCOC1=O. The summed E-state index contributed by atoms with van der Waals surface area (Å²) in [4.78, 5) is 47.6. The molecule has 0 bridgehead atoms. The molecule has 1 aliphatic rings. The molecule has 1 saturated heterocycles. The molecule has 1 N–H and O–H groups in total. The Morgan fingerprint density at radius 1 is 1.11 bits per heavy atom. The summed E-state index contributed by atoms with van der Waals surface area (Å²) in [5, 5.41) is 4.47. The third kappa shape index (κ3) is 4.60. The number of ether oxygens (including phenoxy) is 2. The van der Waals surface area contributed by atoms with Crippen molar-refractivity contribution in [2.75, 3.05) is 26.3 Å². The van der Waals surface area contributed by atoms with E-state index in [-0.39, 0.29) is 32.0 Å². The van der Waals surface area contributed by atoms with E-state index in [2.05, 4.69) is 10.1 Å². The van der Waals surface area contributed by atoms with Gasteiger partial charge in [0.05, 0.1) is 13.0 Å². The molecule has 3 rings (SSSR count).